The van der Waals surface area contributed by atoms with Gasteiger partial charge < -0.3 is 0 Å². The molecule has 3 aromatic carbocycles. The number of rotatable bonds is 3. The molecular formula is C24H18N4O. The van der Waals surface area contributed by atoms with Crippen molar-refractivity contribution in [3.63, 3.8) is 0 Å². The Hall–Kier alpha value is -3.99. The maximum absolute atomic E-state index is 12.2. The molecule has 1 aliphatic rings. The molecule has 0 bridgehead atoms. The monoisotopic (exact) mass is 378 g/mol. The van der Waals surface area contributed by atoms with Gasteiger partial charge in [-0.3, -0.25) is 4.79 Å². The number of carbonyl (C=O) groups is 1. The predicted octanol–water partition coefficient (Wildman–Crippen LogP) is 4.58. The van der Waals surface area contributed by atoms with Crippen LogP contribution >= 0.6 is 0 Å². The molecule has 5 nitrogen and oxygen atoms in total. The minimum atomic E-state index is -0.196. The average Bonchev–Trinajstić information content (AvgIpc) is 3.33. The first-order valence-electron chi connectivity index (χ1n) is 9.40. The summed E-state index contributed by atoms with van der Waals surface area (Å²) in [4.78, 5) is 12.2. The lowest BCUT2D eigenvalue weighted by atomic mass is 9.99. The molecule has 1 amide bonds. The van der Waals surface area contributed by atoms with Gasteiger partial charge in [-0.05, 0) is 35.9 Å². The second-order valence-electron chi connectivity index (χ2n) is 6.94. The molecule has 0 radical (unpaired) electrons. The summed E-state index contributed by atoms with van der Waals surface area (Å²) in [5.41, 5.74) is 7.42. The fourth-order valence-corrected chi connectivity index (χ4v) is 3.59. The van der Waals surface area contributed by atoms with E-state index in [9.17, 15) is 4.79 Å². The highest BCUT2D eigenvalue weighted by Crippen LogP contribution is 2.32. The summed E-state index contributed by atoms with van der Waals surface area (Å²) in [7, 11) is 0. The van der Waals surface area contributed by atoms with Crippen LogP contribution in [0.1, 0.15) is 12.5 Å². The Morgan fingerprint density at radius 1 is 0.931 bits per heavy atom. The molecule has 0 saturated carbocycles. The van der Waals surface area contributed by atoms with Gasteiger partial charge in [-0.25, -0.2) is 10.1 Å². The molecule has 5 heteroatoms. The lowest BCUT2D eigenvalue weighted by Crippen LogP contribution is -2.12. The maximum atomic E-state index is 12.2. The van der Waals surface area contributed by atoms with Crippen molar-refractivity contribution in [2.24, 2.45) is 5.10 Å². The zero-order chi connectivity index (χ0) is 19.8. The number of benzene rings is 3. The van der Waals surface area contributed by atoms with E-state index in [1.807, 2.05) is 72.4 Å². The average molecular weight is 378 g/mol. The Morgan fingerprint density at radius 2 is 1.69 bits per heavy atom. The van der Waals surface area contributed by atoms with Gasteiger partial charge in [-0.2, -0.15) is 10.2 Å². The van der Waals surface area contributed by atoms with Crippen LogP contribution in [0.15, 0.2) is 89.7 Å². The van der Waals surface area contributed by atoms with Crippen LogP contribution in [0.25, 0.3) is 33.8 Å². The van der Waals surface area contributed by atoms with Crippen molar-refractivity contribution in [2.45, 2.75) is 6.92 Å². The molecule has 5 rings (SSSR count). The van der Waals surface area contributed by atoms with Gasteiger partial charge in [0.2, 0.25) is 0 Å². The Bertz CT molecular complexity index is 1290. The molecule has 1 aromatic heterocycles. The third kappa shape index (κ3) is 3.02. The number of hydrazone groups is 1. The molecule has 4 aromatic rings. The molecule has 1 N–H and O–H groups in total. The first-order valence-corrected chi connectivity index (χ1v) is 9.40. The van der Waals surface area contributed by atoms with E-state index in [0.29, 0.717) is 11.3 Å². The van der Waals surface area contributed by atoms with Gasteiger partial charge in [0.1, 0.15) is 5.69 Å². The fourth-order valence-electron chi connectivity index (χ4n) is 3.59. The molecule has 29 heavy (non-hydrogen) atoms. The second kappa shape index (κ2) is 6.87. The summed E-state index contributed by atoms with van der Waals surface area (Å²) in [6.45, 7) is 1.82. The van der Waals surface area contributed by atoms with Crippen molar-refractivity contribution < 1.29 is 4.79 Å². The number of hydrogen-bond acceptors (Lipinski definition) is 3. The highest BCUT2D eigenvalue weighted by Gasteiger charge is 2.21. The SMILES string of the molecule is CC1=NNC(=O)/C1=C\c1cn(-c2ccccc2)nc1-c1cccc2ccccc12. The minimum absolute atomic E-state index is 0.196. The first-order chi connectivity index (χ1) is 14.2. The van der Waals surface area contributed by atoms with E-state index in [0.717, 1.165) is 33.3 Å². The molecule has 0 aliphatic carbocycles. The number of fused-ring (bicyclic) bond motifs is 1. The smallest absolute Gasteiger partial charge is 0.267 e. The largest absolute Gasteiger partial charge is 0.273 e. The van der Waals surface area contributed by atoms with Crippen molar-refractivity contribution >= 4 is 28.5 Å². The van der Waals surface area contributed by atoms with Crippen LogP contribution in [0.5, 0.6) is 0 Å². The molecule has 2 heterocycles. The fraction of sp³-hybridized carbons (Fsp3) is 0.0417. The number of para-hydroxylation sites is 1. The van der Waals surface area contributed by atoms with E-state index in [2.05, 4.69) is 34.8 Å². The molecule has 0 atom stereocenters. The quantitative estimate of drug-likeness (QED) is 0.531. The van der Waals surface area contributed by atoms with Crippen LogP contribution in [-0.2, 0) is 4.79 Å². The Balaban J connectivity index is 1.75. The van der Waals surface area contributed by atoms with Crippen molar-refractivity contribution in [1.29, 1.82) is 0 Å². The van der Waals surface area contributed by atoms with Crippen molar-refractivity contribution in [3.8, 4) is 16.9 Å². The Kier molecular flexibility index (Phi) is 4.06. The predicted molar refractivity (Wildman–Crippen MR) is 116 cm³/mol. The van der Waals surface area contributed by atoms with Crippen molar-refractivity contribution in [2.75, 3.05) is 0 Å². The molecule has 1 aliphatic heterocycles. The third-order valence-electron chi connectivity index (χ3n) is 5.07. The van der Waals surface area contributed by atoms with E-state index in [1.165, 1.54) is 0 Å². The molecular weight excluding hydrogens is 360 g/mol. The van der Waals surface area contributed by atoms with Crippen molar-refractivity contribution in [3.05, 3.63) is 90.1 Å². The van der Waals surface area contributed by atoms with E-state index >= 15 is 0 Å². The van der Waals surface area contributed by atoms with Gasteiger partial charge >= 0.3 is 0 Å². The van der Waals surface area contributed by atoms with Crippen LogP contribution in [0.2, 0.25) is 0 Å². The van der Waals surface area contributed by atoms with Gasteiger partial charge in [-0.15, -0.1) is 0 Å². The summed E-state index contributed by atoms with van der Waals surface area (Å²) in [6, 6.07) is 24.4. The standard InChI is InChI=1S/C24H18N4O/c1-16-22(24(29)26-25-16)14-18-15-28(19-10-3-2-4-11-19)27-23(18)21-13-7-9-17-8-5-6-12-20(17)21/h2-15H,1H3,(H,26,29)/b22-14-. The van der Waals surface area contributed by atoms with Gasteiger partial charge in [0, 0.05) is 17.3 Å². The van der Waals surface area contributed by atoms with Crippen molar-refractivity contribution in [1.82, 2.24) is 15.2 Å². The summed E-state index contributed by atoms with van der Waals surface area (Å²) in [5, 5.41) is 11.2. The third-order valence-corrected chi connectivity index (χ3v) is 5.07. The number of carbonyl (C=O) groups excluding carboxylic acids is 1. The van der Waals surface area contributed by atoms with Crippen LogP contribution in [0.4, 0.5) is 0 Å². The van der Waals surface area contributed by atoms with Crippen LogP contribution in [-0.4, -0.2) is 21.4 Å². The zero-order valence-corrected chi connectivity index (χ0v) is 15.8. The summed E-state index contributed by atoms with van der Waals surface area (Å²) < 4.78 is 1.85. The van der Waals surface area contributed by atoms with Gasteiger partial charge in [0.15, 0.2) is 0 Å². The summed E-state index contributed by atoms with van der Waals surface area (Å²) in [6.07, 6.45) is 3.82. The Labute approximate surface area is 168 Å². The molecule has 0 unspecified atom stereocenters. The van der Waals surface area contributed by atoms with E-state index in [4.69, 9.17) is 5.10 Å². The van der Waals surface area contributed by atoms with Gasteiger partial charge in [-0.1, -0.05) is 60.7 Å². The lowest BCUT2D eigenvalue weighted by molar-refractivity contribution is -0.116. The normalized spacial score (nSPS) is 15.0. The second-order valence-corrected chi connectivity index (χ2v) is 6.94. The topological polar surface area (TPSA) is 59.3 Å². The van der Waals surface area contributed by atoms with Crippen LogP contribution in [0.3, 0.4) is 0 Å². The number of nitrogens with one attached hydrogen (secondary N) is 1. The number of nitrogens with zero attached hydrogens (tertiary/aromatic N) is 3. The van der Waals surface area contributed by atoms with Crippen LogP contribution in [0, 0.1) is 0 Å². The lowest BCUT2D eigenvalue weighted by Gasteiger charge is -2.06. The molecule has 0 fully saturated rings. The Morgan fingerprint density at radius 3 is 2.48 bits per heavy atom. The van der Waals surface area contributed by atoms with Gasteiger partial charge in [0.25, 0.3) is 5.91 Å². The first kappa shape index (κ1) is 17.1. The zero-order valence-electron chi connectivity index (χ0n) is 15.8. The number of hydrogen-bond donors (Lipinski definition) is 1. The highest BCUT2D eigenvalue weighted by molar-refractivity contribution is 6.27. The molecule has 140 valence electrons. The van der Waals surface area contributed by atoms with E-state index in [1.54, 1.807) is 0 Å². The molecule has 0 spiro atoms. The van der Waals surface area contributed by atoms with Gasteiger partial charge in [0.05, 0.1) is 17.0 Å². The van der Waals surface area contributed by atoms with Crippen LogP contribution < -0.4 is 5.43 Å². The minimum Gasteiger partial charge on any atom is -0.267 e. The van der Waals surface area contributed by atoms with E-state index < -0.39 is 0 Å². The number of amides is 1. The number of aromatic nitrogens is 2. The highest BCUT2D eigenvalue weighted by atomic mass is 16.2. The van der Waals surface area contributed by atoms with E-state index in [-0.39, 0.29) is 5.91 Å². The summed E-state index contributed by atoms with van der Waals surface area (Å²) >= 11 is 0. The summed E-state index contributed by atoms with van der Waals surface area (Å²) in [5.74, 6) is -0.196. The molecule has 0 saturated heterocycles. The maximum Gasteiger partial charge on any atom is 0.273 e.